The van der Waals surface area contributed by atoms with Crippen molar-refractivity contribution >= 4 is 11.7 Å². The number of nitrogens with zero attached hydrogens (tertiary/aromatic N) is 2. The molecule has 1 atom stereocenters. The minimum atomic E-state index is -0.644. The van der Waals surface area contributed by atoms with Crippen molar-refractivity contribution in [2.45, 2.75) is 12.3 Å². The Kier molecular flexibility index (Phi) is 2.58. The Labute approximate surface area is 108 Å². The molecule has 4 nitrogen and oxygen atoms in total. The summed E-state index contributed by atoms with van der Waals surface area (Å²) < 4.78 is 29.2. The van der Waals surface area contributed by atoms with E-state index in [1.807, 2.05) is 0 Å². The van der Waals surface area contributed by atoms with Crippen LogP contribution in [0.5, 0.6) is 0 Å². The van der Waals surface area contributed by atoms with Crippen LogP contribution in [0.4, 0.5) is 14.6 Å². The molecule has 1 aromatic heterocycles. The number of nitrogens with one attached hydrogen (secondary N) is 1. The number of benzene rings is 1. The Morgan fingerprint density at radius 1 is 1.37 bits per heavy atom. The van der Waals surface area contributed by atoms with Gasteiger partial charge in [0.15, 0.2) is 0 Å². The van der Waals surface area contributed by atoms with Crippen LogP contribution in [-0.4, -0.2) is 15.7 Å². The number of amides is 1. The average Bonchev–Trinajstić information content (AvgIpc) is 2.71. The van der Waals surface area contributed by atoms with E-state index in [1.165, 1.54) is 29.1 Å². The standard InChI is InChI=1S/C13H11F2N3O/c1-18-13-8(6-16-18)7(5-11(19)17-13)12-9(14)3-2-4-10(12)15/h2-4,6-7H,5H2,1H3,(H,17,19). The quantitative estimate of drug-likeness (QED) is 0.857. The summed E-state index contributed by atoms with van der Waals surface area (Å²) in [6, 6.07) is 3.70. The number of aromatic nitrogens is 2. The van der Waals surface area contributed by atoms with Crippen molar-refractivity contribution in [2.75, 3.05) is 5.32 Å². The number of halogens is 2. The summed E-state index contributed by atoms with van der Waals surface area (Å²) in [5.74, 6) is -1.71. The number of carbonyl (C=O) groups excluding carboxylic acids is 1. The second-order valence-corrected chi connectivity index (χ2v) is 4.51. The van der Waals surface area contributed by atoms with Gasteiger partial charge in [0, 0.05) is 30.5 Å². The van der Waals surface area contributed by atoms with Crippen LogP contribution in [-0.2, 0) is 11.8 Å². The van der Waals surface area contributed by atoms with Crippen molar-refractivity contribution in [1.29, 1.82) is 0 Å². The number of rotatable bonds is 1. The first kappa shape index (κ1) is 11.8. The van der Waals surface area contributed by atoms with E-state index in [2.05, 4.69) is 10.4 Å². The molecule has 0 bridgehead atoms. The van der Waals surface area contributed by atoms with E-state index >= 15 is 0 Å². The number of hydrogen-bond donors (Lipinski definition) is 1. The van der Waals surface area contributed by atoms with Crippen LogP contribution in [0.15, 0.2) is 24.4 Å². The summed E-state index contributed by atoms with van der Waals surface area (Å²) in [7, 11) is 1.67. The van der Waals surface area contributed by atoms with Crippen LogP contribution in [0.2, 0.25) is 0 Å². The molecule has 6 heteroatoms. The average molecular weight is 263 g/mol. The Morgan fingerprint density at radius 3 is 2.74 bits per heavy atom. The highest BCUT2D eigenvalue weighted by molar-refractivity contribution is 5.94. The molecule has 1 aliphatic heterocycles. The molecule has 0 fully saturated rings. The van der Waals surface area contributed by atoms with Crippen molar-refractivity contribution in [2.24, 2.45) is 7.05 Å². The summed E-state index contributed by atoms with van der Waals surface area (Å²) >= 11 is 0. The predicted molar refractivity (Wildman–Crippen MR) is 64.7 cm³/mol. The van der Waals surface area contributed by atoms with Crippen LogP contribution in [0.25, 0.3) is 0 Å². The monoisotopic (exact) mass is 263 g/mol. The van der Waals surface area contributed by atoms with Crippen LogP contribution >= 0.6 is 0 Å². The van der Waals surface area contributed by atoms with Crippen LogP contribution in [0.1, 0.15) is 23.5 Å². The summed E-state index contributed by atoms with van der Waals surface area (Å²) in [6.45, 7) is 0. The molecule has 0 radical (unpaired) electrons. The van der Waals surface area contributed by atoms with Gasteiger partial charge < -0.3 is 5.32 Å². The van der Waals surface area contributed by atoms with Crippen molar-refractivity contribution in [1.82, 2.24) is 9.78 Å². The van der Waals surface area contributed by atoms with Gasteiger partial charge in [-0.3, -0.25) is 9.48 Å². The molecule has 2 aromatic rings. The van der Waals surface area contributed by atoms with Crippen LogP contribution in [0, 0.1) is 11.6 Å². The minimum Gasteiger partial charge on any atom is -0.311 e. The summed E-state index contributed by atoms with van der Waals surface area (Å²) in [6.07, 6.45) is 1.54. The lowest BCUT2D eigenvalue weighted by molar-refractivity contribution is -0.116. The van der Waals surface area contributed by atoms with Crippen molar-refractivity contribution in [3.8, 4) is 0 Å². The van der Waals surface area contributed by atoms with E-state index in [-0.39, 0.29) is 17.9 Å². The fraction of sp³-hybridized carbons (Fsp3) is 0.231. The zero-order chi connectivity index (χ0) is 13.6. The molecule has 19 heavy (non-hydrogen) atoms. The van der Waals surface area contributed by atoms with Gasteiger partial charge >= 0.3 is 0 Å². The lowest BCUT2D eigenvalue weighted by atomic mass is 9.86. The van der Waals surface area contributed by atoms with E-state index in [0.717, 1.165) is 0 Å². The topological polar surface area (TPSA) is 46.9 Å². The molecule has 1 N–H and O–H groups in total. The Bertz CT molecular complexity index is 646. The van der Waals surface area contributed by atoms with Gasteiger partial charge in [-0.25, -0.2) is 8.78 Å². The lowest BCUT2D eigenvalue weighted by Gasteiger charge is -2.23. The maximum atomic E-state index is 13.9. The Balaban J connectivity index is 2.18. The first-order valence-corrected chi connectivity index (χ1v) is 5.83. The molecule has 1 unspecified atom stereocenters. The number of aryl methyl sites for hydroxylation is 1. The second kappa shape index (κ2) is 4.15. The lowest BCUT2D eigenvalue weighted by Crippen LogP contribution is -2.25. The Hall–Kier alpha value is -2.24. The largest absolute Gasteiger partial charge is 0.311 e. The third-order valence-corrected chi connectivity index (χ3v) is 3.34. The van der Waals surface area contributed by atoms with Gasteiger partial charge in [0.1, 0.15) is 17.5 Å². The van der Waals surface area contributed by atoms with Crippen LogP contribution < -0.4 is 5.32 Å². The summed E-state index contributed by atoms with van der Waals surface area (Å²) in [5, 5.41) is 6.69. The molecular formula is C13H11F2N3O. The summed E-state index contributed by atoms with van der Waals surface area (Å²) in [5.41, 5.74) is 0.553. The smallest absolute Gasteiger partial charge is 0.226 e. The maximum Gasteiger partial charge on any atom is 0.226 e. The van der Waals surface area contributed by atoms with Gasteiger partial charge in [0.2, 0.25) is 5.91 Å². The number of hydrogen-bond acceptors (Lipinski definition) is 2. The molecule has 1 aromatic carbocycles. The zero-order valence-corrected chi connectivity index (χ0v) is 10.2. The fourth-order valence-electron chi connectivity index (χ4n) is 2.44. The van der Waals surface area contributed by atoms with Crippen LogP contribution in [0.3, 0.4) is 0 Å². The number of fused-ring (bicyclic) bond motifs is 1. The molecule has 1 aliphatic rings. The van der Waals surface area contributed by atoms with Crippen molar-refractivity contribution < 1.29 is 13.6 Å². The molecule has 2 heterocycles. The normalized spacial score (nSPS) is 18.1. The number of anilines is 1. The first-order chi connectivity index (χ1) is 9.08. The molecule has 3 rings (SSSR count). The fourth-order valence-corrected chi connectivity index (χ4v) is 2.44. The van der Waals surface area contributed by atoms with Gasteiger partial charge in [-0.05, 0) is 12.1 Å². The molecule has 0 saturated carbocycles. The SMILES string of the molecule is Cn1ncc2c1NC(=O)CC2c1c(F)cccc1F. The van der Waals surface area contributed by atoms with E-state index < -0.39 is 17.6 Å². The first-order valence-electron chi connectivity index (χ1n) is 5.83. The molecule has 0 spiro atoms. The molecule has 98 valence electrons. The Morgan fingerprint density at radius 2 is 2.05 bits per heavy atom. The van der Waals surface area contributed by atoms with E-state index in [0.29, 0.717) is 11.4 Å². The molecule has 0 saturated heterocycles. The third-order valence-electron chi connectivity index (χ3n) is 3.34. The predicted octanol–water partition coefficient (Wildman–Crippen LogP) is 2.17. The van der Waals surface area contributed by atoms with Gasteiger partial charge in [0.25, 0.3) is 0 Å². The summed E-state index contributed by atoms with van der Waals surface area (Å²) in [4.78, 5) is 11.7. The van der Waals surface area contributed by atoms with Crippen molar-refractivity contribution in [3.05, 3.63) is 47.2 Å². The second-order valence-electron chi connectivity index (χ2n) is 4.51. The third kappa shape index (κ3) is 1.80. The van der Waals surface area contributed by atoms with Gasteiger partial charge in [0.05, 0.1) is 6.20 Å². The van der Waals surface area contributed by atoms with Gasteiger partial charge in [-0.2, -0.15) is 5.10 Å². The highest BCUT2D eigenvalue weighted by atomic mass is 19.1. The van der Waals surface area contributed by atoms with E-state index in [4.69, 9.17) is 0 Å². The van der Waals surface area contributed by atoms with Gasteiger partial charge in [-0.1, -0.05) is 6.07 Å². The maximum absolute atomic E-state index is 13.9. The highest BCUT2D eigenvalue weighted by Crippen LogP contribution is 2.38. The van der Waals surface area contributed by atoms with E-state index in [1.54, 1.807) is 7.05 Å². The number of carbonyl (C=O) groups is 1. The minimum absolute atomic E-state index is 0.0105. The molecule has 0 aliphatic carbocycles. The van der Waals surface area contributed by atoms with Gasteiger partial charge in [-0.15, -0.1) is 0 Å². The van der Waals surface area contributed by atoms with E-state index in [9.17, 15) is 13.6 Å². The highest BCUT2D eigenvalue weighted by Gasteiger charge is 2.32. The zero-order valence-electron chi connectivity index (χ0n) is 10.2. The van der Waals surface area contributed by atoms with Crippen molar-refractivity contribution in [3.63, 3.8) is 0 Å². The molecule has 1 amide bonds. The molecular weight excluding hydrogens is 252 g/mol.